The summed E-state index contributed by atoms with van der Waals surface area (Å²) in [6.45, 7) is 10.2. The van der Waals surface area contributed by atoms with E-state index in [1.54, 1.807) is 0 Å². The molecule has 0 bridgehead atoms. The summed E-state index contributed by atoms with van der Waals surface area (Å²) >= 11 is 0. The Labute approximate surface area is 98.2 Å². The van der Waals surface area contributed by atoms with Crippen molar-refractivity contribution in [2.24, 2.45) is 4.99 Å². The van der Waals surface area contributed by atoms with Gasteiger partial charge in [-0.15, -0.1) is 0 Å². The van der Waals surface area contributed by atoms with Crippen molar-refractivity contribution in [3.63, 3.8) is 0 Å². The predicted molar refractivity (Wildman–Crippen MR) is 72.3 cm³/mol. The lowest BCUT2D eigenvalue weighted by atomic mass is 9.97. The first-order valence-electron chi connectivity index (χ1n) is 5.46. The van der Waals surface area contributed by atoms with Crippen molar-refractivity contribution in [3.8, 4) is 0 Å². The molecule has 0 aromatic heterocycles. The highest BCUT2D eigenvalue weighted by Crippen LogP contribution is 2.16. The van der Waals surface area contributed by atoms with Gasteiger partial charge in [-0.1, -0.05) is 36.4 Å². The summed E-state index contributed by atoms with van der Waals surface area (Å²) in [5.74, 6) is 0. The van der Waals surface area contributed by atoms with Crippen LogP contribution in [-0.4, -0.2) is 12.8 Å². The predicted octanol–water partition coefficient (Wildman–Crippen LogP) is 3.85. The number of rotatable bonds is 3. The molecule has 0 amide bonds. The minimum absolute atomic E-state index is 0.957. The SMILES string of the molecule is C=C(/C=C\C)/C(=N/C)c1cc(C)ccc1C. The van der Waals surface area contributed by atoms with Crippen LogP contribution in [0, 0.1) is 13.8 Å². The van der Waals surface area contributed by atoms with Crippen LogP contribution in [0.5, 0.6) is 0 Å². The maximum Gasteiger partial charge on any atom is 0.0712 e. The van der Waals surface area contributed by atoms with Crippen LogP contribution in [0.2, 0.25) is 0 Å². The quantitative estimate of drug-likeness (QED) is 0.534. The molecule has 1 heteroatoms. The monoisotopic (exact) mass is 213 g/mol. The van der Waals surface area contributed by atoms with Gasteiger partial charge in [0.2, 0.25) is 0 Å². The summed E-state index contributed by atoms with van der Waals surface area (Å²) in [7, 11) is 1.81. The molecular weight excluding hydrogens is 194 g/mol. The van der Waals surface area contributed by atoms with Crippen LogP contribution in [0.4, 0.5) is 0 Å². The lowest BCUT2D eigenvalue weighted by molar-refractivity contribution is 1.34. The number of nitrogens with zero attached hydrogens (tertiary/aromatic N) is 1. The van der Waals surface area contributed by atoms with E-state index in [-0.39, 0.29) is 0 Å². The van der Waals surface area contributed by atoms with Crippen molar-refractivity contribution in [2.75, 3.05) is 7.05 Å². The van der Waals surface area contributed by atoms with Crippen LogP contribution in [0.3, 0.4) is 0 Å². The largest absolute Gasteiger partial charge is 0.287 e. The molecule has 0 heterocycles. The van der Waals surface area contributed by atoms with Gasteiger partial charge >= 0.3 is 0 Å². The van der Waals surface area contributed by atoms with Crippen LogP contribution >= 0.6 is 0 Å². The number of aliphatic imine (C=N–C) groups is 1. The van der Waals surface area contributed by atoms with Gasteiger partial charge in [-0.05, 0) is 38.0 Å². The standard InChI is InChI=1S/C15H19N/c1-6-7-13(4)15(16-5)14-10-11(2)8-9-12(14)3/h6-10H,4H2,1-3,5H3/b7-6-,16-15-. The molecule has 0 N–H and O–H groups in total. The first-order chi connectivity index (χ1) is 7.60. The number of allylic oxidation sites excluding steroid dienone is 3. The molecule has 1 rings (SSSR count). The van der Waals surface area contributed by atoms with Crippen LogP contribution in [-0.2, 0) is 0 Å². The number of benzene rings is 1. The fraction of sp³-hybridized carbons (Fsp3) is 0.267. The summed E-state index contributed by atoms with van der Waals surface area (Å²) in [4.78, 5) is 4.34. The second-order valence-corrected chi connectivity index (χ2v) is 3.92. The van der Waals surface area contributed by atoms with E-state index >= 15 is 0 Å². The molecule has 0 saturated carbocycles. The topological polar surface area (TPSA) is 12.4 Å². The van der Waals surface area contributed by atoms with E-state index < -0.39 is 0 Å². The average molecular weight is 213 g/mol. The normalized spacial score (nSPS) is 12.1. The molecule has 0 unspecified atom stereocenters. The van der Waals surface area contributed by atoms with Crippen LogP contribution in [0.1, 0.15) is 23.6 Å². The van der Waals surface area contributed by atoms with Gasteiger partial charge in [0, 0.05) is 12.6 Å². The second-order valence-electron chi connectivity index (χ2n) is 3.92. The molecule has 0 spiro atoms. The first-order valence-corrected chi connectivity index (χ1v) is 5.46. The molecule has 1 aromatic rings. The maximum atomic E-state index is 4.34. The molecule has 0 saturated heterocycles. The summed E-state index contributed by atoms with van der Waals surface area (Å²) < 4.78 is 0. The van der Waals surface area contributed by atoms with Crippen molar-refractivity contribution in [3.05, 3.63) is 59.2 Å². The van der Waals surface area contributed by atoms with E-state index in [1.807, 2.05) is 26.1 Å². The molecule has 1 nitrogen and oxygen atoms in total. The summed E-state index contributed by atoms with van der Waals surface area (Å²) in [6.07, 6.45) is 3.97. The van der Waals surface area contributed by atoms with Crippen molar-refractivity contribution in [2.45, 2.75) is 20.8 Å². The van der Waals surface area contributed by atoms with E-state index in [2.05, 4.69) is 43.6 Å². The zero-order valence-electron chi connectivity index (χ0n) is 10.5. The van der Waals surface area contributed by atoms with Gasteiger partial charge in [0.05, 0.1) is 5.71 Å². The van der Waals surface area contributed by atoms with E-state index in [1.165, 1.54) is 16.7 Å². The molecule has 0 fully saturated rings. The van der Waals surface area contributed by atoms with Gasteiger partial charge in [-0.2, -0.15) is 0 Å². The Bertz CT molecular complexity index is 451. The second kappa shape index (κ2) is 5.45. The average Bonchev–Trinajstić information content (AvgIpc) is 2.24. The zero-order chi connectivity index (χ0) is 12.1. The highest BCUT2D eigenvalue weighted by atomic mass is 14.7. The van der Waals surface area contributed by atoms with Crippen molar-refractivity contribution in [1.82, 2.24) is 0 Å². The van der Waals surface area contributed by atoms with Gasteiger partial charge in [0.1, 0.15) is 0 Å². The Balaban J connectivity index is 3.24. The first kappa shape index (κ1) is 12.4. The molecular formula is C15H19N. The van der Waals surface area contributed by atoms with Crippen molar-refractivity contribution >= 4 is 5.71 Å². The number of hydrogen-bond donors (Lipinski definition) is 0. The molecule has 0 aliphatic carbocycles. The lowest BCUT2D eigenvalue weighted by Gasteiger charge is -2.10. The third-order valence-corrected chi connectivity index (χ3v) is 2.54. The minimum atomic E-state index is 0.957. The summed E-state index contributed by atoms with van der Waals surface area (Å²) in [6, 6.07) is 6.40. The lowest BCUT2D eigenvalue weighted by Crippen LogP contribution is -2.05. The van der Waals surface area contributed by atoms with Gasteiger partial charge in [-0.3, -0.25) is 4.99 Å². The molecule has 16 heavy (non-hydrogen) atoms. The third kappa shape index (κ3) is 2.69. The fourth-order valence-corrected chi connectivity index (χ4v) is 1.71. The third-order valence-electron chi connectivity index (χ3n) is 2.54. The zero-order valence-corrected chi connectivity index (χ0v) is 10.5. The van der Waals surface area contributed by atoms with Crippen LogP contribution < -0.4 is 0 Å². The highest BCUT2D eigenvalue weighted by molar-refractivity contribution is 6.14. The van der Waals surface area contributed by atoms with E-state index in [0.29, 0.717) is 0 Å². The molecule has 84 valence electrons. The Morgan fingerprint density at radius 1 is 1.31 bits per heavy atom. The Morgan fingerprint density at radius 2 is 2.00 bits per heavy atom. The maximum absolute atomic E-state index is 4.34. The smallest absolute Gasteiger partial charge is 0.0712 e. The number of aryl methyl sites for hydroxylation is 2. The fourth-order valence-electron chi connectivity index (χ4n) is 1.71. The number of hydrogen-bond acceptors (Lipinski definition) is 1. The van der Waals surface area contributed by atoms with Crippen molar-refractivity contribution in [1.29, 1.82) is 0 Å². The van der Waals surface area contributed by atoms with Crippen molar-refractivity contribution < 1.29 is 0 Å². The van der Waals surface area contributed by atoms with Gasteiger partial charge in [-0.25, -0.2) is 0 Å². The molecule has 0 atom stereocenters. The molecule has 0 aliphatic heterocycles. The highest BCUT2D eigenvalue weighted by Gasteiger charge is 2.08. The van der Waals surface area contributed by atoms with Gasteiger partial charge in [0.25, 0.3) is 0 Å². The Hall–Kier alpha value is -1.63. The van der Waals surface area contributed by atoms with Crippen LogP contribution in [0.25, 0.3) is 0 Å². The summed E-state index contributed by atoms with van der Waals surface area (Å²) in [5, 5.41) is 0. The Morgan fingerprint density at radius 3 is 2.56 bits per heavy atom. The van der Waals surface area contributed by atoms with Gasteiger partial charge < -0.3 is 0 Å². The van der Waals surface area contributed by atoms with E-state index in [9.17, 15) is 0 Å². The minimum Gasteiger partial charge on any atom is -0.287 e. The molecule has 0 radical (unpaired) electrons. The Kier molecular flexibility index (Phi) is 4.24. The van der Waals surface area contributed by atoms with E-state index in [0.717, 1.165) is 11.3 Å². The van der Waals surface area contributed by atoms with Gasteiger partial charge in [0.15, 0.2) is 0 Å². The molecule has 1 aromatic carbocycles. The summed E-state index contributed by atoms with van der Waals surface area (Å²) in [5.41, 5.74) is 5.58. The van der Waals surface area contributed by atoms with Crippen LogP contribution in [0.15, 0.2) is 47.5 Å². The molecule has 0 aliphatic rings. The van der Waals surface area contributed by atoms with E-state index in [4.69, 9.17) is 0 Å².